The van der Waals surface area contributed by atoms with E-state index in [4.69, 9.17) is 0 Å². The van der Waals surface area contributed by atoms with Gasteiger partial charge in [-0.2, -0.15) is 0 Å². The highest BCUT2D eigenvalue weighted by molar-refractivity contribution is 6.28. The van der Waals surface area contributed by atoms with Crippen LogP contribution in [0.1, 0.15) is 0 Å². The fourth-order valence-corrected chi connectivity index (χ4v) is 6.98. The van der Waals surface area contributed by atoms with E-state index in [-0.39, 0.29) is 0 Å². The van der Waals surface area contributed by atoms with Crippen LogP contribution in [0.5, 0.6) is 0 Å². The zero-order chi connectivity index (χ0) is 27.6. The molecule has 0 aliphatic carbocycles. The topological polar surface area (TPSA) is 0 Å². The number of hydrogen-bond donors (Lipinski definition) is 0. The molecule has 0 aliphatic rings. The van der Waals surface area contributed by atoms with Gasteiger partial charge in [0.25, 0.3) is 0 Å². The van der Waals surface area contributed by atoms with Crippen LogP contribution >= 0.6 is 0 Å². The summed E-state index contributed by atoms with van der Waals surface area (Å²) in [6, 6.07) is 58.1. The normalized spacial score (nSPS) is 11.8. The predicted molar refractivity (Wildman–Crippen MR) is 181 cm³/mol. The smallest absolute Gasteiger partial charge is 0.00203 e. The van der Waals surface area contributed by atoms with Gasteiger partial charge in [0.15, 0.2) is 0 Å². The summed E-state index contributed by atoms with van der Waals surface area (Å²) < 4.78 is 0. The second kappa shape index (κ2) is 9.03. The van der Waals surface area contributed by atoms with Gasteiger partial charge in [0.2, 0.25) is 0 Å². The van der Waals surface area contributed by atoms with E-state index in [1.807, 2.05) is 0 Å². The van der Waals surface area contributed by atoms with Gasteiger partial charge in [0.05, 0.1) is 0 Å². The van der Waals surface area contributed by atoms with E-state index in [1.54, 1.807) is 0 Å². The molecule has 0 bridgehead atoms. The Balaban J connectivity index is 1.26. The average Bonchev–Trinajstić information content (AvgIpc) is 3.06. The summed E-state index contributed by atoms with van der Waals surface area (Å²) in [5.41, 5.74) is 7.57. The van der Waals surface area contributed by atoms with Gasteiger partial charge in [-0.15, -0.1) is 0 Å². The highest BCUT2D eigenvalue weighted by atomic mass is 14.2. The summed E-state index contributed by atoms with van der Waals surface area (Å²) in [6.45, 7) is 0. The van der Waals surface area contributed by atoms with Crippen LogP contribution in [-0.2, 0) is 0 Å². The maximum atomic E-state index is 2.35. The van der Waals surface area contributed by atoms with Crippen molar-refractivity contribution in [2.45, 2.75) is 0 Å². The summed E-state index contributed by atoms with van der Waals surface area (Å²) >= 11 is 0. The molecule has 0 heteroatoms. The van der Waals surface area contributed by atoms with Crippen LogP contribution < -0.4 is 0 Å². The van der Waals surface area contributed by atoms with Gasteiger partial charge in [0, 0.05) is 0 Å². The van der Waals surface area contributed by atoms with Gasteiger partial charge in [-0.25, -0.2) is 0 Å². The van der Waals surface area contributed by atoms with Crippen molar-refractivity contribution in [3.05, 3.63) is 158 Å². The molecular formula is C42H26. The Bertz CT molecular complexity index is 2460. The van der Waals surface area contributed by atoms with E-state index in [1.165, 1.54) is 87.2 Å². The average molecular weight is 531 g/mol. The zero-order valence-electron chi connectivity index (χ0n) is 23.0. The Labute approximate surface area is 244 Å². The van der Waals surface area contributed by atoms with Gasteiger partial charge in [0.1, 0.15) is 0 Å². The molecule has 0 radical (unpaired) electrons. The lowest BCUT2D eigenvalue weighted by molar-refractivity contribution is 1.62. The Hall–Kier alpha value is -5.46. The maximum Gasteiger partial charge on any atom is -0.00203 e. The minimum absolute atomic E-state index is 1.24. The van der Waals surface area contributed by atoms with E-state index in [0.717, 1.165) is 0 Å². The summed E-state index contributed by atoms with van der Waals surface area (Å²) in [4.78, 5) is 0. The fraction of sp³-hybridized carbons (Fsp3) is 0. The molecule has 0 spiro atoms. The Morgan fingerprint density at radius 3 is 1.62 bits per heavy atom. The number of fused-ring (bicyclic) bond motifs is 2. The fourth-order valence-electron chi connectivity index (χ4n) is 6.98. The molecule has 0 atom stereocenters. The van der Waals surface area contributed by atoms with Crippen LogP contribution in [-0.4, -0.2) is 0 Å². The Morgan fingerprint density at radius 1 is 0.238 bits per heavy atom. The first-order chi connectivity index (χ1) is 20.8. The van der Waals surface area contributed by atoms with Crippen LogP contribution in [0.4, 0.5) is 0 Å². The van der Waals surface area contributed by atoms with Crippen molar-refractivity contribution in [1.82, 2.24) is 0 Å². The molecule has 9 aromatic rings. The van der Waals surface area contributed by atoms with Gasteiger partial charge in [-0.1, -0.05) is 146 Å². The molecule has 0 saturated carbocycles. The molecule has 0 unspecified atom stereocenters. The zero-order valence-corrected chi connectivity index (χ0v) is 23.0. The van der Waals surface area contributed by atoms with Crippen molar-refractivity contribution in [2.75, 3.05) is 0 Å². The quantitative estimate of drug-likeness (QED) is 0.199. The van der Waals surface area contributed by atoms with Gasteiger partial charge < -0.3 is 0 Å². The minimum Gasteiger partial charge on any atom is -0.0616 e. The Morgan fingerprint density at radius 2 is 0.786 bits per heavy atom. The maximum absolute atomic E-state index is 2.35. The van der Waals surface area contributed by atoms with E-state index >= 15 is 0 Å². The summed E-state index contributed by atoms with van der Waals surface area (Å²) in [5, 5.41) is 13.0. The Kier molecular flexibility index (Phi) is 5.00. The molecule has 9 rings (SSSR count). The lowest BCUT2D eigenvalue weighted by atomic mass is 9.86. The molecular weight excluding hydrogens is 504 g/mol. The molecule has 0 saturated heterocycles. The predicted octanol–water partition coefficient (Wildman–Crippen LogP) is 11.9. The first kappa shape index (κ1) is 23.3. The molecule has 0 nitrogen and oxygen atoms in total. The van der Waals surface area contributed by atoms with Crippen LogP contribution in [0.2, 0.25) is 0 Å². The summed E-state index contributed by atoms with van der Waals surface area (Å²) in [7, 11) is 0. The van der Waals surface area contributed by atoms with Crippen LogP contribution in [0.3, 0.4) is 0 Å². The highest BCUT2D eigenvalue weighted by Gasteiger charge is 2.16. The standard InChI is InChI=1S/C42H26/c1-2-9-31-25-33(18-15-27(31)7-1)32-11-5-12-34(26-32)36-21-19-29-16-17-30-20-22-38(40-24-23-39(36)41(29)42(30)40)37-14-6-10-28-8-3-4-13-35(28)37/h1-26H. The molecule has 0 fully saturated rings. The third kappa shape index (κ3) is 3.49. The first-order valence-electron chi connectivity index (χ1n) is 14.6. The molecule has 0 aliphatic heterocycles. The van der Waals surface area contributed by atoms with Gasteiger partial charge in [-0.3, -0.25) is 0 Å². The molecule has 9 aromatic carbocycles. The largest absolute Gasteiger partial charge is 0.0616 e. The van der Waals surface area contributed by atoms with E-state index in [9.17, 15) is 0 Å². The monoisotopic (exact) mass is 530 g/mol. The SMILES string of the molecule is c1cc(-c2ccc3ccccc3c2)cc(-c2ccc3ccc4ccc(-c5cccc6ccccc56)c5ccc2c3c45)c1. The number of hydrogen-bond acceptors (Lipinski definition) is 0. The molecule has 0 aromatic heterocycles. The lowest BCUT2D eigenvalue weighted by Gasteiger charge is -2.17. The molecule has 0 N–H and O–H groups in total. The molecule has 0 amide bonds. The van der Waals surface area contributed by atoms with E-state index in [2.05, 4.69) is 158 Å². The van der Waals surface area contributed by atoms with Crippen molar-refractivity contribution in [3.8, 4) is 33.4 Å². The summed E-state index contributed by atoms with van der Waals surface area (Å²) in [6.07, 6.45) is 0. The van der Waals surface area contributed by atoms with Crippen LogP contribution in [0.15, 0.2) is 158 Å². The molecule has 0 heterocycles. The van der Waals surface area contributed by atoms with Crippen LogP contribution in [0.25, 0.3) is 87.2 Å². The third-order valence-corrected chi connectivity index (χ3v) is 9.00. The minimum atomic E-state index is 1.24. The highest BCUT2D eigenvalue weighted by Crippen LogP contribution is 2.43. The van der Waals surface area contributed by atoms with Gasteiger partial charge >= 0.3 is 0 Å². The van der Waals surface area contributed by atoms with Crippen molar-refractivity contribution in [2.24, 2.45) is 0 Å². The van der Waals surface area contributed by atoms with E-state index < -0.39 is 0 Å². The third-order valence-electron chi connectivity index (χ3n) is 9.00. The number of benzene rings is 9. The lowest BCUT2D eigenvalue weighted by Crippen LogP contribution is -1.90. The van der Waals surface area contributed by atoms with Crippen molar-refractivity contribution >= 4 is 53.9 Å². The van der Waals surface area contributed by atoms with Crippen LogP contribution in [0, 0.1) is 0 Å². The summed E-state index contributed by atoms with van der Waals surface area (Å²) in [5.74, 6) is 0. The second-order valence-corrected chi connectivity index (χ2v) is 11.3. The molecule has 42 heavy (non-hydrogen) atoms. The number of rotatable bonds is 3. The van der Waals surface area contributed by atoms with Gasteiger partial charge in [-0.05, 0) is 99.4 Å². The van der Waals surface area contributed by atoms with Crippen molar-refractivity contribution in [3.63, 3.8) is 0 Å². The van der Waals surface area contributed by atoms with Crippen molar-refractivity contribution in [1.29, 1.82) is 0 Å². The second-order valence-electron chi connectivity index (χ2n) is 11.3. The van der Waals surface area contributed by atoms with E-state index in [0.29, 0.717) is 0 Å². The molecule has 194 valence electrons. The van der Waals surface area contributed by atoms with Crippen molar-refractivity contribution < 1.29 is 0 Å². The first-order valence-corrected chi connectivity index (χ1v) is 14.6.